The van der Waals surface area contributed by atoms with Gasteiger partial charge in [-0.25, -0.2) is 0 Å². The normalized spacial score (nSPS) is 13.3. The van der Waals surface area contributed by atoms with Gasteiger partial charge >= 0.3 is 0 Å². The lowest BCUT2D eigenvalue weighted by atomic mass is 10.0. The first-order valence-corrected chi connectivity index (χ1v) is 7.95. The Hall–Kier alpha value is -2.24. The van der Waals surface area contributed by atoms with Gasteiger partial charge in [0.15, 0.2) is 11.5 Å². The lowest BCUT2D eigenvalue weighted by Gasteiger charge is -2.18. The van der Waals surface area contributed by atoms with E-state index in [0.717, 1.165) is 5.56 Å². The summed E-state index contributed by atoms with van der Waals surface area (Å²) in [5, 5.41) is 23.2. The van der Waals surface area contributed by atoms with Gasteiger partial charge in [-0.3, -0.25) is 0 Å². The number of aliphatic hydroxyl groups excluding tert-OH is 1. The molecule has 0 aliphatic carbocycles. The predicted octanol–water partition coefficient (Wildman–Crippen LogP) is 2.84. The van der Waals surface area contributed by atoms with E-state index < -0.39 is 6.10 Å². The van der Waals surface area contributed by atoms with Crippen molar-refractivity contribution in [3.05, 3.63) is 53.6 Å². The van der Waals surface area contributed by atoms with Gasteiger partial charge in [-0.15, -0.1) is 0 Å². The van der Waals surface area contributed by atoms with Crippen LogP contribution in [0, 0.1) is 0 Å². The Labute approximate surface area is 142 Å². The second-order valence-corrected chi connectivity index (χ2v) is 5.75. The van der Waals surface area contributed by atoms with Crippen LogP contribution in [-0.4, -0.2) is 37.5 Å². The van der Waals surface area contributed by atoms with Crippen LogP contribution in [0.4, 0.5) is 0 Å². The van der Waals surface area contributed by atoms with Crippen LogP contribution in [0.25, 0.3) is 0 Å². The molecule has 2 aromatic rings. The molecule has 5 nitrogen and oxygen atoms in total. The van der Waals surface area contributed by atoms with Crippen LogP contribution in [0.5, 0.6) is 17.2 Å². The van der Waals surface area contributed by atoms with Crippen LogP contribution in [-0.2, 0) is 0 Å². The molecule has 0 spiro atoms. The van der Waals surface area contributed by atoms with Crippen molar-refractivity contribution in [3.63, 3.8) is 0 Å². The molecule has 2 aromatic carbocycles. The molecule has 0 aromatic heterocycles. The maximum atomic E-state index is 10.2. The molecule has 0 saturated heterocycles. The summed E-state index contributed by atoms with van der Waals surface area (Å²) in [4.78, 5) is 0. The van der Waals surface area contributed by atoms with Crippen molar-refractivity contribution in [2.45, 2.75) is 18.9 Å². The van der Waals surface area contributed by atoms with Gasteiger partial charge in [-0.2, -0.15) is 0 Å². The molecule has 3 N–H and O–H groups in total. The highest BCUT2D eigenvalue weighted by Crippen LogP contribution is 2.30. The summed E-state index contributed by atoms with van der Waals surface area (Å²) in [6.45, 7) is 3.16. The zero-order valence-corrected chi connectivity index (χ0v) is 14.3. The fourth-order valence-corrected chi connectivity index (χ4v) is 2.59. The molecule has 1 unspecified atom stereocenters. The minimum Gasteiger partial charge on any atom is -0.508 e. The first-order valence-electron chi connectivity index (χ1n) is 7.95. The molecule has 0 fully saturated rings. The quantitative estimate of drug-likeness (QED) is 0.694. The molecule has 0 heterocycles. The molecule has 5 heteroatoms. The number of benzene rings is 2. The zero-order chi connectivity index (χ0) is 17.5. The second kappa shape index (κ2) is 8.57. The minimum atomic E-state index is -0.746. The number of phenols is 1. The van der Waals surface area contributed by atoms with Gasteiger partial charge < -0.3 is 25.0 Å². The van der Waals surface area contributed by atoms with Gasteiger partial charge in [0.1, 0.15) is 5.75 Å². The standard InChI is InChI=1S/C19H25NO4/c1-13(14-8-9-18(23-2)19(10-14)24-3)11-20-12-17(22)15-6-4-5-7-16(15)21/h4-10,13,17,20-22H,11-12H2,1-3H3/t13?,17-/m0/s1. The van der Waals surface area contributed by atoms with Crippen LogP contribution in [0.2, 0.25) is 0 Å². The Bertz CT molecular complexity index is 660. The average molecular weight is 331 g/mol. The van der Waals surface area contributed by atoms with E-state index >= 15 is 0 Å². The molecule has 0 amide bonds. The summed E-state index contributed by atoms with van der Waals surface area (Å²) in [6.07, 6.45) is -0.746. The number of para-hydroxylation sites is 1. The summed E-state index contributed by atoms with van der Waals surface area (Å²) >= 11 is 0. The van der Waals surface area contributed by atoms with Crippen molar-refractivity contribution in [1.29, 1.82) is 0 Å². The van der Waals surface area contributed by atoms with Crippen LogP contribution in [0.1, 0.15) is 30.1 Å². The third-order valence-corrected chi connectivity index (χ3v) is 4.06. The number of rotatable bonds is 8. The van der Waals surface area contributed by atoms with E-state index in [-0.39, 0.29) is 11.7 Å². The number of nitrogens with one attached hydrogen (secondary N) is 1. The van der Waals surface area contributed by atoms with E-state index in [1.165, 1.54) is 0 Å². The smallest absolute Gasteiger partial charge is 0.160 e. The number of phenolic OH excluding ortho intramolecular Hbond substituents is 1. The van der Waals surface area contributed by atoms with E-state index in [1.807, 2.05) is 18.2 Å². The van der Waals surface area contributed by atoms with Gasteiger partial charge in [0.25, 0.3) is 0 Å². The first kappa shape index (κ1) is 18.1. The van der Waals surface area contributed by atoms with Gasteiger partial charge in [0.2, 0.25) is 0 Å². The fraction of sp³-hybridized carbons (Fsp3) is 0.368. The lowest BCUT2D eigenvalue weighted by Crippen LogP contribution is -2.25. The van der Waals surface area contributed by atoms with E-state index in [2.05, 4.69) is 12.2 Å². The number of aromatic hydroxyl groups is 1. The first-order chi connectivity index (χ1) is 11.6. The van der Waals surface area contributed by atoms with Crippen molar-refractivity contribution in [1.82, 2.24) is 5.32 Å². The molecule has 0 saturated carbocycles. The Morgan fingerprint density at radius 1 is 1.00 bits per heavy atom. The topological polar surface area (TPSA) is 71.0 Å². The molecule has 0 radical (unpaired) electrons. The second-order valence-electron chi connectivity index (χ2n) is 5.75. The van der Waals surface area contributed by atoms with E-state index in [0.29, 0.717) is 30.2 Å². The molecular weight excluding hydrogens is 306 g/mol. The summed E-state index contributed by atoms with van der Waals surface area (Å²) in [6, 6.07) is 12.7. The highest BCUT2D eigenvalue weighted by molar-refractivity contribution is 5.43. The van der Waals surface area contributed by atoms with E-state index in [9.17, 15) is 10.2 Å². The maximum absolute atomic E-state index is 10.2. The van der Waals surface area contributed by atoms with Gasteiger partial charge in [-0.1, -0.05) is 31.2 Å². The Balaban J connectivity index is 1.91. The van der Waals surface area contributed by atoms with Crippen molar-refractivity contribution in [3.8, 4) is 17.2 Å². The molecule has 24 heavy (non-hydrogen) atoms. The summed E-state index contributed by atoms with van der Waals surface area (Å²) in [5.41, 5.74) is 1.65. The average Bonchev–Trinajstić information content (AvgIpc) is 2.61. The number of hydrogen-bond donors (Lipinski definition) is 3. The largest absolute Gasteiger partial charge is 0.508 e. The summed E-state index contributed by atoms with van der Waals surface area (Å²) in [5.74, 6) is 1.76. The van der Waals surface area contributed by atoms with Gasteiger partial charge in [0, 0.05) is 18.7 Å². The molecule has 0 aliphatic rings. The SMILES string of the molecule is COc1ccc(C(C)CNC[C@H](O)c2ccccc2O)cc1OC. The molecule has 130 valence electrons. The van der Waals surface area contributed by atoms with Crippen molar-refractivity contribution >= 4 is 0 Å². The van der Waals surface area contributed by atoms with Crippen LogP contribution >= 0.6 is 0 Å². The third-order valence-electron chi connectivity index (χ3n) is 4.06. The predicted molar refractivity (Wildman–Crippen MR) is 93.9 cm³/mol. The van der Waals surface area contributed by atoms with Gasteiger partial charge in [-0.05, 0) is 29.7 Å². The Kier molecular flexibility index (Phi) is 6.46. The van der Waals surface area contributed by atoms with E-state index in [1.54, 1.807) is 38.5 Å². The zero-order valence-electron chi connectivity index (χ0n) is 14.3. The number of ether oxygens (including phenoxy) is 2. The minimum absolute atomic E-state index is 0.111. The molecule has 2 atom stereocenters. The fourth-order valence-electron chi connectivity index (χ4n) is 2.59. The van der Waals surface area contributed by atoms with Gasteiger partial charge in [0.05, 0.1) is 20.3 Å². The van der Waals surface area contributed by atoms with Crippen LogP contribution in [0.15, 0.2) is 42.5 Å². The van der Waals surface area contributed by atoms with Crippen molar-refractivity contribution in [2.24, 2.45) is 0 Å². The highest BCUT2D eigenvalue weighted by Gasteiger charge is 2.13. The number of hydrogen-bond acceptors (Lipinski definition) is 5. The summed E-state index contributed by atoms with van der Waals surface area (Å²) < 4.78 is 10.6. The molecule has 0 aliphatic heterocycles. The van der Waals surface area contributed by atoms with Crippen LogP contribution in [0.3, 0.4) is 0 Å². The number of methoxy groups -OCH3 is 2. The van der Waals surface area contributed by atoms with E-state index in [4.69, 9.17) is 9.47 Å². The monoisotopic (exact) mass is 331 g/mol. The Morgan fingerprint density at radius 2 is 1.71 bits per heavy atom. The van der Waals surface area contributed by atoms with Crippen molar-refractivity contribution in [2.75, 3.05) is 27.3 Å². The highest BCUT2D eigenvalue weighted by atomic mass is 16.5. The van der Waals surface area contributed by atoms with Crippen LogP contribution < -0.4 is 14.8 Å². The summed E-state index contributed by atoms with van der Waals surface area (Å²) in [7, 11) is 3.23. The Morgan fingerprint density at radius 3 is 2.38 bits per heavy atom. The number of aliphatic hydroxyl groups is 1. The third kappa shape index (κ3) is 4.40. The maximum Gasteiger partial charge on any atom is 0.160 e. The molecule has 0 bridgehead atoms. The molecular formula is C19H25NO4. The van der Waals surface area contributed by atoms with Crippen molar-refractivity contribution < 1.29 is 19.7 Å². The molecule has 2 rings (SSSR count). The lowest BCUT2D eigenvalue weighted by molar-refractivity contribution is 0.170.